The molecule has 1 saturated heterocycles. The summed E-state index contributed by atoms with van der Waals surface area (Å²) in [4.78, 5) is 28.3. The van der Waals surface area contributed by atoms with Gasteiger partial charge in [0.15, 0.2) is 0 Å². The fraction of sp³-hybridized carbons (Fsp3) is 0.875. The predicted molar refractivity (Wildman–Crippen MR) is 84.3 cm³/mol. The van der Waals surface area contributed by atoms with Gasteiger partial charge in [-0.3, -0.25) is 4.79 Å². The van der Waals surface area contributed by atoms with Gasteiger partial charge < -0.3 is 20.3 Å². The van der Waals surface area contributed by atoms with Crippen LogP contribution in [0.1, 0.15) is 46.5 Å². The third-order valence-corrected chi connectivity index (χ3v) is 4.39. The largest absolute Gasteiger partial charge is 0.444 e. The van der Waals surface area contributed by atoms with E-state index in [-0.39, 0.29) is 24.0 Å². The number of ether oxygens (including phenoxy) is 1. The zero-order valence-electron chi connectivity index (χ0n) is 14.0. The summed E-state index contributed by atoms with van der Waals surface area (Å²) in [6.45, 7) is 7.46. The van der Waals surface area contributed by atoms with Gasteiger partial charge >= 0.3 is 6.09 Å². The van der Waals surface area contributed by atoms with E-state index in [1.807, 2.05) is 25.7 Å². The number of carbonyl (C=O) groups is 2. The second kappa shape index (κ2) is 6.86. The number of hydrogen-bond donors (Lipinski definition) is 1. The van der Waals surface area contributed by atoms with Gasteiger partial charge in [0.1, 0.15) is 5.60 Å². The number of piperazine rings is 1. The molecule has 0 spiro atoms. The van der Waals surface area contributed by atoms with E-state index in [0.717, 1.165) is 25.7 Å². The summed E-state index contributed by atoms with van der Waals surface area (Å²) in [5.41, 5.74) is 5.34. The molecule has 0 radical (unpaired) electrons. The minimum Gasteiger partial charge on any atom is -0.444 e. The highest BCUT2D eigenvalue weighted by molar-refractivity contribution is 5.80. The molecule has 2 amide bonds. The van der Waals surface area contributed by atoms with Gasteiger partial charge in [0.05, 0.1) is 6.04 Å². The summed E-state index contributed by atoms with van der Waals surface area (Å²) in [6, 6.07) is -0.102. The lowest BCUT2D eigenvalue weighted by Crippen LogP contribution is -2.60. The molecule has 1 saturated carbocycles. The molecule has 1 aliphatic carbocycles. The van der Waals surface area contributed by atoms with Crippen molar-refractivity contribution in [3.8, 4) is 0 Å². The van der Waals surface area contributed by atoms with Crippen molar-refractivity contribution in [2.24, 2.45) is 11.7 Å². The van der Waals surface area contributed by atoms with E-state index in [1.165, 1.54) is 0 Å². The van der Waals surface area contributed by atoms with Crippen LogP contribution in [0.15, 0.2) is 0 Å². The van der Waals surface area contributed by atoms with Crippen molar-refractivity contribution in [2.45, 2.75) is 58.1 Å². The number of rotatable bonds is 2. The SMILES string of the molecule is CC(C)(C)OC(=O)N1CCN(C(=O)C2CCCC2)C(CN)C1. The predicted octanol–water partition coefficient (Wildman–Crippen LogP) is 1.58. The summed E-state index contributed by atoms with van der Waals surface area (Å²) in [7, 11) is 0. The molecule has 1 heterocycles. The van der Waals surface area contributed by atoms with E-state index in [9.17, 15) is 9.59 Å². The molecule has 6 heteroatoms. The third-order valence-electron chi connectivity index (χ3n) is 4.39. The van der Waals surface area contributed by atoms with Gasteiger partial charge in [0, 0.05) is 32.1 Å². The van der Waals surface area contributed by atoms with Crippen LogP contribution in [0.2, 0.25) is 0 Å². The molecule has 2 aliphatic rings. The molecule has 2 rings (SSSR count). The molecule has 0 aromatic heterocycles. The molecule has 1 unspecified atom stereocenters. The quantitative estimate of drug-likeness (QED) is 0.840. The van der Waals surface area contributed by atoms with Crippen LogP contribution in [-0.4, -0.2) is 59.6 Å². The standard InChI is InChI=1S/C16H29N3O3/c1-16(2,3)22-15(21)18-8-9-19(13(10-17)11-18)14(20)12-6-4-5-7-12/h12-13H,4-11,17H2,1-3H3. The molecule has 2 fully saturated rings. The summed E-state index contributed by atoms with van der Waals surface area (Å²) in [6.07, 6.45) is 3.94. The molecule has 0 aromatic rings. The van der Waals surface area contributed by atoms with Gasteiger partial charge in [-0.2, -0.15) is 0 Å². The Balaban J connectivity index is 1.96. The molecule has 22 heavy (non-hydrogen) atoms. The Hall–Kier alpha value is -1.30. The number of hydrogen-bond acceptors (Lipinski definition) is 4. The van der Waals surface area contributed by atoms with Crippen molar-refractivity contribution in [1.29, 1.82) is 0 Å². The lowest BCUT2D eigenvalue weighted by atomic mass is 10.0. The molecule has 1 aliphatic heterocycles. The van der Waals surface area contributed by atoms with Gasteiger partial charge in [0.25, 0.3) is 0 Å². The molecule has 0 aromatic carbocycles. The van der Waals surface area contributed by atoms with Gasteiger partial charge in [-0.25, -0.2) is 4.79 Å². The van der Waals surface area contributed by atoms with Crippen LogP contribution in [0.5, 0.6) is 0 Å². The Morgan fingerprint density at radius 1 is 1.18 bits per heavy atom. The highest BCUT2D eigenvalue weighted by Gasteiger charge is 2.36. The number of carbonyl (C=O) groups excluding carboxylic acids is 2. The second-order valence-corrected chi connectivity index (χ2v) is 7.33. The Kier molecular flexibility index (Phi) is 5.32. The summed E-state index contributed by atoms with van der Waals surface area (Å²) >= 11 is 0. The normalized spacial score (nSPS) is 23.7. The molecule has 1 atom stereocenters. The van der Waals surface area contributed by atoms with Crippen molar-refractivity contribution in [3.05, 3.63) is 0 Å². The van der Waals surface area contributed by atoms with Crippen LogP contribution in [-0.2, 0) is 9.53 Å². The first-order valence-corrected chi connectivity index (χ1v) is 8.30. The fourth-order valence-electron chi connectivity index (χ4n) is 3.25. The lowest BCUT2D eigenvalue weighted by molar-refractivity contribution is -0.140. The molecular formula is C16H29N3O3. The van der Waals surface area contributed by atoms with E-state index in [4.69, 9.17) is 10.5 Å². The molecule has 126 valence electrons. The Bertz CT molecular complexity index is 413. The van der Waals surface area contributed by atoms with Crippen molar-refractivity contribution in [2.75, 3.05) is 26.2 Å². The number of amides is 2. The van der Waals surface area contributed by atoms with Crippen LogP contribution >= 0.6 is 0 Å². The Morgan fingerprint density at radius 2 is 1.82 bits per heavy atom. The van der Waals surface area contributed by atoms with Crippen LogP contribution in [0, 0.1) is 5.92 Å². The van der Waals surface area contributed by atoms with E-state index in [2.05, 4.69) is 0 Å². The van der Waals surface area contributed by atoms with Gasteiger partial charge in [-0.05, 0) is 33.6 Å². The minimum absolute atomic E-state index is 0.102. The zero-order chi connectivity index (χ0) is 16.3. The average Bonchev–Trinajstić information content (AvgIpc) is 2.98. The van der Waals surface area contributed by atoms with E-state index in [1.54, 1.807) is 4.90 Å². The Morgan fingerprint density at radius 3 is 2.36 bits per heavy atom. The molecule has 2 N–H and O–H groups in total. The zero-order valence-corrected chi connectivity index (χ0v) is 14.0. The number of nitrogens with zero attached hydrogens (tertiary/aromatic N) is 2. The third kappa shape index (κ3) is 4.12. The van der Waals surface area contributed by atoms with Gasteiger partial charge in [-0.1, -0.05) is 12.8 Å². The first kappa shape index (κ1) is 17.1. The lowest BCUT2D eigenvalue weighted by Gasteiger charge is -2.42. The maximum Gasteiger partial charge on any atom is 0.410 e. The van der Waals surface area contributed by atoms with Crippen molar-refractivity contribution in [3.63, 3.8) is 0 Å². The van der Waals surface area contributed by atoms with Gasteiger partial charge in [-0.15, -0.1) is 0 Å². The van der Waals surface area contributed by atoms with Crippen LogP contribution in [0.3, 0.4) is 0 Å². The smallest absolute Gasteiger partial charge is 0.410 e. The maximum absolute atomic E-state index is 12.6. The van der Waals surface area contributed by atoms with Crippen molar-refractivity contribution >= 4 is 12.0 Å². The van der Waals surface area contributed by atoms with Crippen molar-refractivity contribution in [1.82, 2.24) is 9.80 Å². The van der Waals surface area contributed by atoms with Gasteiger partial charge in [0.2, 0.25) is 5.91 Å². The molecule has 6 nitrogen and oxygen atoms in total. The summed E-state index contributed by atoms with van der Waals surface area (Å²) in [5, 5.41) is 0. The molecule has 0 bridgehead atoms. The maximum atomic E-state index is 12.6. The molecular weight excluding hydrogens is 282 g/mol. The van der Waals surface area contributed by atoms with Crippen LogP contribution in [0.4, 0.5) is 4.79 Å². The monoisotopic (exact) mass is 311 g/mol. The first-order valence-electron chi connectivity index (χ1n) is 8.30. The summed E-state index contributed by atoms with van der Waals surface area (Å²) < 4.78 is 5.41. The highest BCUT2D eigenvalue weighted by Crippen LogP contribution is 2.28. The van der Waals surface area contributed by atoms with E-state index in [0.29, 0.717) is 26.2 Å². The van der Waals surface area contributed by atoms with Crippen LogP contribution < -0.4 is 5.73 Å². The topological polar surface area (TPSA) is 75.9 Å². The second-order valence-electron chi connectivity index (χ2n) is 7.33. The van der Waals surface area contributed by atoms with E-state index < -0.39 is 5.60 Å². The Labute approximate surface area is 132 Å². The minimum atomic E-state index is -0.508. The average molecular weight is 311 g/mol. The van der Waals surface area contributed by atoms with Crippen molar-refractivity contribution < 1.29 is 14.3 Å². The first-order chi connectivity index (χ1) is 10.3. The fourth-order valence-corrected chi connectivity index (χ4v) is 3.25. The number of nitrogens with two attached hydrogens (primary N) is 1. The van der Waals surface area contributed by atoms with E-state index >= 15 is 0 Å². The van der Waals surface area contributed by atoms with Crippen LogP contribution in [0.25, 0.3) is 0 Å². The summed E-state index contributed by atoms with van der Waals surface area (Å²) in [5.74, 6) is 0.374. The highest BCUT2D eigenvalue weighted by atomic mass is 16.6.